The first kappa shape index (κ1) is 44.1. The second-order valence-electron chi connectivity index (χ2n) is 15.2. The van der Waals surface area contributed by atoms with Gasteiger partial charge < -0.3 is 36.4 Å². The molecule has 2 heterocycles. The smallest absolute Gasteiger partial charge is 0.245 e. The zero-order valence-electron chi connectivity index (χ0n) is 33.7. The Morgan fingerprint density at radius 3 is 1.61 bits per heavy atom. The molecule has 2 saturated heterocycles. The molecule has 0 spiro atoms. The van der Waals surface area contributed by atoms with Crippen LogP contribution in [0.5, 0.6) is 0 Å². The molecule has 2 fully saturated rings. The number of likely N-dealkylation sites (N-methyl/N-ethyl adjacent to an activating group) is 2. The van der Waals surface area contributed by atoms with Gasteiger partial charge in [-0.25, -0.2) is 0 Å². The van der Waals surface area contributed by atoms with E-state index in [-0.39, 0.29) is 35.3 Å². The van der Waals surface area contributed by atoms with Crippen molar-refractivity contribution in [1.29, 1.82) is 0 Å². The van der Waals surface area contributed by atoms with E-state index in [0.29, 0.717) is 77.4 Å². The first-order valence-electron chi connectivity index (χ1n) is 20.5. The Hall–Kier alpha value is -4.62. The fraction of sp³-hybridized carbons (Fsp3) is 0.581. The van der Waals surface area contributed by atoms with E-state index in [4.69, 9.17) is 0 Å². The number of unbranched alkanes of at least 4 members (excludes halogenated alkanes) is 3. The van der Waals surface area contributed by atoms with E-state index in [1.54, 1.807) is 37.7 Å². The van der Waals surface area contributed by atoms with Crippen LogP contribution in [-0.4, -0.2) is 109 Å². The Balaban J connectivity index is 1.33. The van der Waals surface area contributed by atoms with Gasteiger partial charge in [0, 0.05) is 26.1 Å². The van der Waals surface area contributed by atoms with Crippen molar-refractivity contribution in [3.63, 3.8) is 0 Å². The number of ketones is 1. The Kier molecular flexibility index (Phi) is 18.0. The first-order chi connectivity index (χ1) is 27.0. The monoisotopic (exact) mass is 773 g/mol. The van der Waals surface area contributed by atoms with E-state index in [1.807, 2.05) is 60.7 Å². The molecule has 306 valence electrons. The molecule has 0 aromatic heterocycles. The van der Waals surface area contributed by atoms with Crippen LogP contribution in [0.15, 0.2) is 60.7 Å². The van der Waals surface area contributed by atoms with Gasteiger partial charge in [0.05, 0.1) is 18.1 Å². The van der Waals surface area contributed by atoms with Gasteiger partial charge in [-0.1, -0.05) is 86.3 Å². The number of aryl methyl sites for hydroxylation is 1. The maximum Gasteiger partial charge on any atom is 0.245 e. The van der Waals surface area contributed by atoms with E-state index in [1.165, 1.54) is 0 Å². The summed E-state index contributed by atoms with van der Waals surface area (Å²) in [4.78, 5) is 83.7. The molecule has 0 radical (unpaired) electrons. The lowest BCUT2D eigenvalue weighted by atomic mass is 10.00. The molecule has 5 amide bonds. The van der Waals surface area contributed by atoms with Gasteiger partial charge in [-0.3, -0.25) is 28.8 Å². The van der Waals surface area contributed by atoms with Gasteiger partial charge in [0.1, 0.15) is 18.1 Å². The van der Waals surface area contributed by atoms with Crippen LogP contribution in [0.4, 0.5) is 0 Å². The third-order valence-corrected chi connectivity index (χ3v) is 11.2. The third kappa shape index (κ3) is 13.0. The van der Waals surface area contributed by atoms with Crippen molar-refractivity contribution in [1.82, 2.24) is 36.4 Å². The minimum atomic E-state index is -0.788. The maximum absolute atomic E-state index is 14.0. The summed E-state index contributed by atoms with van der Waals surface area (Å²) in [7, 11) is 3.37. The van der Waals surface area contributed by atoms with Crippen LogP contribution in [0, 0.1) is 0 Å². The van der Waals surface area contributed by atoms with Gasteiger partial charge in [-0.15, -0.1) is 0 Å². The Labute approximate surface area is 332 Å². The van der Waals surface area contributed by atoms with Gasteiger partial charge in [0.2, 0.25) is 29.5 Å². The van der Waals surface area contributed by atoms with Gasteiger partial charge in [-0.05, 0) is 84.0 Å². The highest BCUT2D eigenvalue weighted by atomic mass is 16.2. The van der Waals surface area contributed by atoms with Gasteiger partial charge in [0.25, 0.3) is 0 Å². The largest absolute Gasteiger partial charge is 0.350 e. The van der Waals surface area contributed by atoms with Crippen LogP contribution in [0.3, 0.4) is 0 Å². The fourth-order valence-corrected chi connectivity index (χ4v) is 7.47. The number of rotatable bonds is 22. The highest BCUT2D eigenvalue weighted by Gasteiger charge is 2.39. The topological polar surface area (TPSA) is 169 Å². The molecule has 2 aliphatic heterocycles. The molecule has 0 bridgehead atoms. The molecular formula is C43H63N7O6. The van der Waals surface area contributed by atoms with Crippen molar-refractivity contribution >= 4 is 35.3 Å². The van der Waals surface area contributed by atoms with Gasteiger partial charge in [-0.2, -0.15) is 0 Å². The second-order valence-corrected chi connectivity index (χ2v) is 15.2. The zero-order chi connectivity index (χ0) is 40.5. The summed E-state index contributed by atoms with van der Waals surface area (Å²) in [5.41, 5.74) is 2.05. The summed E-state index contributed by atoms with van der Waals surface area (Å²) < 4.78 is 0. The average Bonchev–Trinajstić information content (AvgIpc) is 3.93. The minimum absolute atomic E-state index is 0.0433. The number of nitrogens with zero attached hydrogens (tertiary/aromatic N) is 2. The van der Waals surface area contributed by atoms with E-state index in [0.717, 1.165) is 30.4 Å². The van der Waals surface area contributed by atoms with Crippen molar-refractivity contribution in [3.05, 3.63) is 71.8 Å². The lowest BCUT2D eigenvalue weighted by molar-refractivity contribution is -0.141. The van der Waals surface area contributed by atoms with E-state index in [9.17, 15) is 28.8 Å². The van der Waals surface area contributed by atoms with Gasteiger partial charge >= 0.3 is 0 Å². The first-order valence-corrected chi connectivity index (χ1v) is 20.5. The van der Waals surface area contributed by atoms with Crippen molar-refractivity contribution < 1.29 is 28.8 Å². The summed E-state index contributed by atoms with van der Waals surface area (Å²) in [6, 6.07) is 15.8. The summed E-state index contributed by atoms with van der Waals surface area (Å²) in [6.07, 6.45) is 7.13. The quantitative estimate of drug-likeness (QED) is 0.114. The van der Waals surface area contributed by atoms with Crippen LogP contribution in [0.25, 0.3) is 0 Å². The number of carbonyl (C=O) groups is 6. The highest BCUT2D eigenvalue weighted by molar-refractivity contribution is 5.95. The lowest BCUT2D eigenvalue weighted by Gasteiger charge is -2.30. The molecule has 1 unspecified atom stereocenters. The Morgan fingerprint density at radius 1 is 0.643 bits per heavy atom. The van der Waals surface area contributed by atoms with Crippen molar-refractivity contribution in [2.45, 2.75) is 134 Å². The number of Topliss-reactive ketones (excluding diaryl/α,β-unsaturated/α-hetero) is 1. The Bertz CT molecular complexity index is 1470. The molecule has 5 N–H and O–H groups in total. The highest BCUT2D eigenvalue weighted by Crippen LogP contribution is 2.24. The predicted molar refractivity (Wildman–Crippen MR) is 216 cm³/mol. The predicted octanol–water partition coefficient (Wildman–Crippen LogP) is 3.01. The molecule has 2 aromatic carbocycles. The summed E-state index contributed by atoms with van der Waals surface area (Å²) in [5.74, 6) is -1.21. The molecule has 4 rings (SSSR count). The average molecular weight is 774 g/mol. The third-order valence-electron chi connectivity index (χ3n) is 11.2. The maximum atomic E-state index is 14.0. The number of carbonyl (C=O) groups excluding carboxylic acids is 6. The van der Waals surface area contributed by atoms with Crippen molar-refractivity contribution in [2.75, 3.05) is 27.2 Å². The van der Waals surface area contributed by atoms with E-state index < -0.39 is 36.3 Å². The summed E-state index contributed by atoms with van der Waals surface area (Å²) >= 11 is 0. The molecule has 6 atom stereocenters. The van der Waals surface area contributed by atoms with Crippen LogP contribution in [-0.2, 0) is 41.7 Å². The van der Waals surface area contributed by atoms with Crippen molar-refractivity contribution in [3.8, 4) is 0 Å². The van der Waals surface area contributed by atoms with Crippen LogP contribution in [0.1, 0.15) is 95.6 Å². The number of amides is 5. The van der Waals surface area contributed by atoms with Crippen LogP contribution in [0.2, 0.25) is 0 Å². The number of hydrogen-bond acceptors (Lipinski definition) is 8. The molecule has 2 aromatic rings. The van der Waals surface area contributed by atoms with Crippen LogP contribution >= 0.6 is 0 Å². The normalized spacial score (nSPS) is 18.8. The summed E-state index contributed by atoms with van der Waals surface area (Å²) in [6.45, 7) is 4.76. The standard InChI is InChI=1S/C43H63N7O6/c1-30(44-3)39(52)47-34(42(55)49-27-15-23-36(49)38(51)26-25-32-17-9-7-10-18-32)21-13-5-6-14-22-35(48-40(53)31(2)45-4)43(56)50-28-16-24-37(50)41(54)46-29-33-19-11-8-12-20-33/h7-12,17-20,30-31,34-37,44-45H,5-6,13-16,21-29H2,1-4H3,(H,46,54)(H,47,52)(H,48,53)/t30-,31?,34-,35-,36-,37-/m0/s1. The molecule has 0 saturated carbocycles. The lowest BCUT2D eigenvalue weighted by Crippen LogP contribution is -2.55. The second kappa shape index (κ2) is 22.8. The van der Waals surface area contributed by atoms with Crippen molar-refractivity contribution in [2.24, 2.45) is 0 Å². The van der Waals surface area contributed by atoms with E-state index in [2.05, 4.69) is 26.6 Å². The zero-order valence-corrected chi connectivity index (χ0v) is 33.7. The SMILES string of the molecule is CNC(C)C(=O)N[C@@H](CCCCCC[C@H](NC(=O)[C@H](C)NC)C(=O)N1CCC[C@H]1C(=O)CCc1ccccc1)C(=O)N1CCC[C@H]1C(=O)NCc1ccccc1. The Morgan fingerprint density at radius 2 is 1.11 bits per heavy atom. The molecular weight excluding hydrogens is 711 g/mol. The fourth-order valence-electron chi connectivity index (χ4n) is 7.47. The number of nitrogens with one attached hydrogen (secondary N) is 5. The molecule has 13 nitrogen and oxygen atoms in total. The van der Waals surface area contributed by atoms with E-state index >= 15 is 0 Å². The number of hydrogen-bond donors (Lipinski definition) is 5. The molecule has 2 aliphatic rings. The molecule has 13 heteroatoms. The number of benzene rings is 2. The van der Waals surface area contributed by atoms with Crippen LogP contribution < -0.4 is 26.6 Å². The number of likely N-dealkylation sites (tertiary alicyclic amines) is 2. The molecule has 0 aliphatic carbocycles. The minimum Gasteiger partial charge on any atom is -0.350 e. The summed E-state index contributed by atoms with van der Waals surface area (Å²) in [5, 5.41) is 14.7. The van der Waals surface area contributed by atoms with Gasteiger partial charge in [0.15, 0.2) is 5.78 Å². The molecule has 56 heavy (non-hydrogen) atoms.